The summed E-state index contributed by atoms with van der Waals surface area (Å²) in [5.74, 6) is 0.994. The lowest BCUT2D eigenvalue weighted by Gasteiger charge is -2.04. The molecule has 5 nitrogen and oxygen atoms in total. The van der Waals surface area contributed by atoms with Crippen LogP contribution in [0.2, 0.25) is 10.0 Å². The SMILES string of the molecule is CC(C)c1csc2c(-c3cc(Cl)cc(Cl)c3)c(-c3nnn[nH]3)[nH]c12. The summed E-state index contributed by atoms with van der Waals surface area (Å²) in [6.07, 6.45) is 0. The zero-order chi connectivity index (χ0) is 16.8. The highest BCUT2D eigenvalue weighted by Crippen LogP contribution is 2.44. The second kappa shape index (κ2) is 5.88. The number of tetrazole rings is 1. The number of hydrogen-bond donors (Lipinski definition) is 2. The third-order valence-electron chi connectivity index (χ3n) is 3.90. The van der Waals surface area contributed by atoms with E-state index in [9.17, 15) is 0 Å². The van der Waals surface area contributed by atoms with Crippen molar-refractivity contribution < 1.29 is 0 Å². The van der Waals surface area contributed by atoms with Gasteiger partial charge in [-0.2, -0.15) is 0 Å². The van der Waals surface area contributed by atoms with Gasteiger partial charge in [-0.25, -0.2) is 5.10 Å². The summed E-state index contributed by atoms with van der Waals surface area (Å²) in [7, 11) is 0. The van der Waals surface area contributed by atoms with Gasteiger partial charge in [0.05, 0.1) is 15.9 Å². The van der Waals surface area contributed by atoms with Gasteiger partial charge in [0, 0.05) is 15.6 Å². The van der Waals surface area contributed by atoms with E-state index in [1.807, 2.05) is 12.1 Å². The first-order chi connectivity index (χ1) is 11.5. The van der Waals surface area contributed by atoms with Crippen molar-refractivity contribution in [1.82, 2.24) is 25.6 Å². The molecule has 0 saturated heterocycles. The fourth-order valence-electron chi connectivity index (χ4n) is 2.83. The molecule has 0 spiro atoms. The molecule has 24 heavy (non-hydrogen) atoms. The first kappa shape index (κ1) is 15.6. The number of fused-ring (bicyclic) bond motifs is 1. The van der Waals surface area contributed by atoms with E-state index in [-0.39, 0.29) is 0 Å². The molecule has 0 aliphatic carbocycles. The van der Waals surface area contributed by atoms with Crippen molar-refractivity contribution in [3.8, 4) is 22.6 Å². The number of benzene rings is 1. The number of halogens is 2. The van der Waals surface area contributed by atoms with E-state index >= 15 is 0 Å². The Balaban J connectivity index is 2.06. The molecular weight excluding hydrogens is 365 g/mol. The van der Waals surface area contributed by atoms with Crippen LogP contribution < -0.4 is 0 Å². The quantitative estimate of drug-likeness (QED) is 0.494. The highest BCUT2D eigenvalue weighted by molar-refractivity contribution is 7.18. The normalized spacial score (nSPS) is 11.7. The van der Waals surface area contributed by atoms with Crippen LogP contribution >= 0.6 is 34.5 Å². The molecule has 0 atom stereocenters. The fourth-order valence-corrected chi connectivity index (χ4v) is 4.61. The first-order valence-corrected chi connectivity index (χ1v) is 9.01. The van der Waals surface area contributed by atoms with E-state index in [0.29, 0.717) is 21.8 Å². The third kappa shape index (κ3) is 2.51. The molecule has 0 radical (unpaired) electrons. The topological polar surface area (TPSA) is 70.2 Å². The number of aromatic amines is 2. The molecule has 8 heteroatoms. The van der Waals surface area contributed by atoms with Gasteiger partial charge in [-0.1, -0.05) is 37.0 Å². The molecule has 2 N–H and O–H groups in total. The molecular formula is C16H13Cl2N5S. The largest absolute Gasteiger partial charge is 0.350 e. The predicted molar refractivity (Wildman–Crippen MR) is 98.9 cm³/mol. The van der Waals surface area contributed by atoms with Crippen LogP contribution in [0.15, 0.2) is 23.6 Å². The van der Waals surface area contributed by atoms with Gasteiger partial charge in [-0.3, -0.25) is 0 Å². The van der Waals surface area contributed by atoms with Gasteiger partial charge in [-0.15, -0.1) is 16.4 Å². The minimum absolute atomic E-state index is 0.411. The molecule has 1 aromatic carbocycles. The summed E-state index contributed by atoms with van der Waals surface area (Å²) in [4.78, 5) is 3.48. The van der Waals surface area contributed by atoms with Crippen molar-refractivity contribution in [2.45, 2.75) is 19.8 Å². The number of nitrogens with zero attached hydrogens (tertiary/aromatic N) is 3. The lowest BCUT2D eigenvalue weighted by molar-refractivity contribution is 0.878. The zero-order valence-corrected chi connectivity index (χ0v) is 15.2. The molecule has 122 valence electrons. The van der Waals surface area contributed by atoms with Gasteiger partial charge < -0.3 is 4.98 Å². The van der Waals surface area contributed by atoms with Crippen molar-refractivity contribution >= 4 is 44.8 Å². The number of rotatable bonds is 3. The minimum Gasteiger partial charge on any atom is -0.350 e. The second-order valence-electron chi connectivity index (χ2n) is 5.83. The van der Waals surface area contributed by atoms with Crippen molar-refractivity contribution in [3.63, 3.8) is 0 Å². The van der Waals surface area contributed by atoms with Crippen molar-refractivity contribution in [2.75, 3.05) is 0 Å². The maximum absolute atomic E-state index is 6.21. The van der Waals surface area contributed by atoms with Crippen LogP contribution in [0.3, 0.4) is 0 Å². The smallest absolute Gasteiger partial charge is 0.196 e. The van der Waals surface area contributed by atoms with Gasteiger partial charge >= 0.3 is 0 Å². The van der Waals surface area contributed by atoms with Gasteiger partial charge in [0.25, 0.3) is 0 Å². The Morgan fingerprint density at radius 2 is 1.88 bits per heavy atom. The monoisotopic (exact) mass is 377 g/mol. The highest BCUT2D eigenvalue weighted by Gasteiger charge is 2.22. The van der Waals surface area contributed by atoms with Crippen LogP contribution in [0.5, 0.6) is 0 Å². The number of aromatic nitrogens is 5. The molecule has 0 fully saturated rings. The second-order valence-corrected chi connectivity index (χ2v) is 7.59. The lowest BCUT2D eigenvalue weighted by Crippen LogP contribution is -1.87. The van der Waals surface area contributed by atoms with Gasteiger partial charge in [0.1, 0.15) is 0 Å². The molecule has 3 heterocycles. The zero-order valence-electron chi connectivity index (χ0n) is 12.9. The summed E-state index contributed by atoms with van der Waals surface area (Å²) in [6, 6.07) is 5.52. The predicted octanol–water partition coefficient (Wildman–Crippen LogP) is 5.51. The molecule has 0 amide bonds. The summed E-state index contributed by atoms with van der Waals surface area (Å²) < 4.78 is 1.14. The van der Waals surface area contributed by atoms with Crippen LogP contribution in [-0.2, 0) is 0 Å². The van der Waals surface area contributed by atoms with Crippen LogP contribution in [-0.4, -0.2) is 25.6 Å². The summed E-state index contributed by atoms with van der Waals surface area (Å²) in [5.41, 5.74) is 5.14. The molecule has 0 aliphatic rings. The number of H-pyrrole nitrogens is 2. The summed E-state index contributed by atoms with van der Waals surface area (Å²) >= 11 is 14.1. The van der Waals surface area contributed by atoms with E-state index < -0.39 is 0 Å². The number of hydrogen-bond acceptors (Lipinski definition) is 4. The minimum atomic E-state index is 0.411. The molecule has 3 aromatic heterocycles. The van der Waals surface area contributed by atoms with Crippen LogP contribution in [0.4, 0.5) is 0 Å². The number of nitrogens with one attached hydrogen (secondary N) is 2. The van der Waals surface area contributed by atoms with E-state index in [1.165, 1.54) is 5.56 Å². The average Bonchev–Trinajstić information content (AvgIpc) is 3.21. The molecule has 4 rings (SSSR count). The van der Waals surface area contributed by atoms with Gasteiger partial charge in [0.2, 0.25) is 0 Å². The average molecular weight is 378 g/mol. The Hall–Kier alpha value is -1.89. The Morgan fingerprint density at radius 1 is 1.12 bits per heavy atom. The Labute approximate surface area is 152 Å². The Bertz CT molecular complexity index is 997. The van der Waals surface area contributed by atoms with Crippen LogP contribution in [0.25, 0.3) is 32.9 Å². The molecule has 0 unspecified atom stereocenters. The molecule has 0 bridgehead atoms. The fraction of sp³-hybridized carbons (Fsp3) is 0.188. The standard InChI is InChI=1S/C16H13Cl2N5S/c1-7(2)11-6-24-15-12(8-3-9(17)5-10(18)4-8)14(19-13(11)15)16-20-22-23-21-16/h3-7,19H,1-2H3,(H,20,21,22,23). The lowest BCUT2D eigenvalue weighted by atomic mass is 10.0. The Kier molecular flexibility index (Phi) is 3.83. The molecule has 4 aromatic rings. The van der Waals surface area contributed by atoms with Crippen LogP contribution in [0.1, 0.15) is 25.3 Å². The van der Waals surface area contributed by atoms with E-state index in [4.69, 9.17) is 23.2 Å². The maximum Gasteiger partial charge on any atom is 0.196 e. The third-order valence-corrected chi connectivity index (χ3v) is 5.35. The van der Waals surface area contributed by atoms with Crippen LogP contribution in [0, 0.1) is 0 Å². The molecule has 0 aliphatic heterocycles. The molecule has 0 saturated carbocycles. The van der Waals surface area contributed by atoms with Crippen molar-refractivity contribution in [2.24, 2.45) is 0 Å². The summed E-state index contributed by atoms with van der Waals surface area (Å²) in [6.45, 7) is 4.35. The van der Waals surface area contributed by atoms with Gasteiger partial charge in [0.15, 0.2) is 5.82 Å². The summed E-state index contributed by atoms with van der Waals surface area (Å²) in [5, 5.41) is 17.6. The van der Waals surface area contributed by atoms with Gasteiger partial charge in [-0.05, 0) is 51.1 Å². The Morgan fingerprint density at radius 3 is 2.50 bits per heavy atom. The van der Waals surface area contributed by atoms with E-state index in [1.54, 1.807) is 17.4 Å². The van der Waals surface area contributed by atoms with Crippen molar-refractivity contribution in [1.29, 1.82) is 0 Å². The number of thiophene rings is 1. The maximum atomic E-state index is 6.21. The van der Waals surface area contributed by atoms with E-state index in [0.717, 1.165) is 27.0 Å². The van der Waals surface area contributed by atoms with E-state index in [2.05, 4.69) is 44.8 Å². The van der Waals surface area contributed by atoms with Crippen molar-refractivity contribution in [3.05, 3.63) is 39.2 Å². The highest BCUT2D eigenvalue weighted by atomic mass is 35.5. The first-order valence-electron chi connectivity index (χ1n) is 7.38.